The largest absolute Gasteiger partial charge is 0.452 e. The van der Waals surface area contributed by atoms with Crippen LogP contribution in [0.2, 0.25) is 0 Å². The molecule has 0 saturated carbocycles. The van der Waals surface area contributed by atoms with Gasteiger partial charge < -0.3 is 9.64 Å². The molecule has 0 aliphatic rings. The molecule has 0 saturated heterocycles. The molecule has 0 N–H and O–H groups in total. The maximum Gasteiger partial charge on any atom is 0.338 e. The van der Waals surface area contributed by atoms with Gasteiger partial charge in [0.2, 0.25) is 0 Å². The summed E-state index contributed by atoms with van der Waals surface area (Å²) in [6.45, 7) is 1.87. The first-order valence-electron chi connectivity index (χ1n) is 9.50. The van der Waals surface area contributed by atoms with E-state index in [9.17, 15) is 18.0 Å². The van der Waals surface area contributed by atoms with Crippen molar-refractivity contribution in [2.75, 3.05) is 24.3 Å². The van der Waals surface area contributed by atoms with E-state index >= 15 is 0 Å². The molecule has 7 heteroatoms. The van der Waals surface area contributed by atoms with Crippen molar-refractivity contribution in [3.63, 3.8) is 0 Å². The number of hydrogen-bond acceptors (Lipinski definition) is 5. The van der Waals surface area contributed by atoms with Crippen LogP contribution in [0, 0.1) is 0 Å². The minimum absolute atomic E-state index is 0.169. The van der Waals surface area contributed by atoms with E-state index in [1.54, 1.807) is 17.0 Å². The SMILES string of the molecule is CCN(C(=O)COC(=O)c1cccc(CS(C)(=O)=O)c1)c1cccc2ccccc12. The van der Waals surface area contributed by atoms with Gasteiger partial charge in [-0.25, -0.2) is 13.2 Å². The average Bonchev–Trinajstić information content (AvgIpc) is 2.71. The van der Waals surface area contributed by atoms with Crippen LogP contribution in [-0.2, 0) is 25.1 Å². The first kappa shape index (κ1) is 21.5. The number of likely N-dealkylation sites (N-methyl/N-ethyl adjacent to an activating group) is 1. The summed E-state index contributed by atoms with van der Waals surface area (Å²) in [6, 6.07) is 19.7. The second-order valence-electron chi connectivity index (χ2n) is 6.98. The molecule has 0 aliphatic heterocycles. The average molecular weight is 426 g/mol. The molecular formula is C23H23NO5S. The minimum Gasteiger partial charge on any atom is -0.452 e. The summed E-state index contributed by atoms with van der Waals surface area (Å²) in [5, 5.41) is 1.95. The Morgan fingerprint density at radius 2 is 1.67 bits per heavy atom. The maximum atomic E-state index is 12.8. The fourth-order valence-electron chi connectivity index (χ4n) is 3.30. The summed E-state index contributed by atoms with van der Waals surface area (Å²) in [5.74, 6) is -1.18. The normalized spacial score (nSPS) is 11.3. The second-order valence-corrected chi connectivity index (χ2v) is 9.12. The summed E-state index contributed by atoms with van der Waals surface area (Å²) in [7, 11) is -3.22. The van der Waals surface area contributed by atoms with Crippen LogP contribution in [0.15, 0.2) is 66.7 Å². The Bertz CT molecular complexity index is 1180. The number of carbonyl (C=O) groups is 2. The lowest BCUT2D eigenvalue weighted by Gasteiger charge is -2.22. The van der Waals surface area contributed by atoms with Crippen molar-refractivity contribution in [3.05, 3.63) is 77.9 Å². The van der Waals surface area contributed by atoms with Crippen LogP contribution >= 0.6 is 0 Å². The van der Waals surface area contributed by atoms with Gasteiger partial charge in [-0.2, -0.15) is 0 Å². The van der Waals surface area contributed by atoms with Crippen LogP contribution in [0.4, 0.5) is 5.69 Å². The van der Waals surface area contributed by atoms with Crippen LogP contribution in [0.25, 0.3) is 10.8 Å². The predicted octanol–water partition coefficient (Wildman–Crippen LogP) is 3.59. The Hall–Kier alpha value is -3.19. The Balaban J connectivity index is 1.72. The highest BCUT2D eigenvalue weighted by Gasteiger charge is 2.19. The van der Waals surface area contributed by atoms with E-state index in [1.807, 2.05) is 49.4 Å². The highest BCUT2D eigenvalue weighted by Crippen LogP contribution is 2.26. The standard InChI is InChI=1S/C23H23NO5S/c1-3-24(21-13-7-10-18-9-4-5-12-20(18)21)22(25)15-29-23(26)19-11-6-8-17(14-19)16-30(2,27)28/h4-14H,3,15-16H2,1-2H3. The van der Waals surface area contributed by atoms with Crippen LogP contribution in [0.5, 0.6) is 0 Å². The van der Waals surface area contributed by atoms with Gasteiger partial charge >= 0.3 is 5.97 Å². The summed E-state index contributed by atoms with van der Waals surface area (Å²) in [5.41, 5.74) is 1.45. The van der Waals surface area contributed by atoms with Crippen LogP contribution < -0.4 is 4.90 Å². The Kier molecular flexibility index (Phi) is 6.52. The van der Waals surface area contributed by atoms with Crippen molar-refractivity contribution in [2.24, 2.45) is 0 Å². The fraction of sp³-hybridized carbons (Fsp3) is 0.217. The molecule has 3 aromatic carbocycles. The highest BCUT2D eigenvalue weighted by atomic mass is 32.2. The lowest BCUT2D eigenvalue weighted by atomic mass is 10.1. The van der Waals surface area contributed by atoms with Crippen molar-refractivity contribution in [1.29, 1.82) is 0 Å². The number of sulfone groups is 1. The molecule has 0 heterocycles. The Morgan fingerprint density at radius 3 is 2.40 bits per heavy atom. The molecule has 0 aromatic heterocycles. The number of hydrogen-bond donors (Lipinski definition) is 0. The zero-order valence-corrected chi connectivity index (χ0v) is 17.7. The molecule has 0 spiro atoms. The molecule has 30 heavy (non-hydrogen) atoms. The molecule has 0 radical (unpaired) electrons. The van der Waals surface area contributed by atoms with E-state index in [0.29, 0.717) is 12.1 Å². The number of anilines is 1. The third-order valence-corrected chi connectivity index (χ3v) is 5.45. The molecule has 0 fully saturated rings. The zero-order valence-electron chi connectivity index (χ0n) is 16.9. The van der Waals surface area contributed by atoms with Crippen LogP contribution in [0.1, 0.15) is 22.8 Å². The third-order valence-electron chi connectivity index (χ3n) is 4.59. The number of nitrogens with zero attached hydrogens (tertiary/aromatic N) is 1. The maximum absolute atomic E-state index is 12.8. The molecule has 0 unspecified atom stereocenters. The van der Waals surface area contributed by atoms with Gasteiger partial charge in [0.15, 0.2) is 16.4 Å². The quantitative estimate of drug-likeness (QED) is 0.541. The van der Waals surface area contributed by atoms with Gasteiger partial charge in [0.05, 0.1) is 17.0 Å². The minimum atomic E-state index is -3.22. The number of rotatable bonds is 7. The lowest BCUT2D eigenvalue weighted by Crippen LogP contribution is -2.34. The zero-order chi connectivity index (χ0) is 21.7. The second kappa shape index (κ2) is 9.09. The molecule has 156 valence electrons. The Morgan fingerprint density at radius 1 is 0.967 bits per heavy atom. The fourth-order valence-corrected chi connectivity index (χ4v) is 4.09. The molecular weight excluding hydrogens is 402 g/mol. The van der Waals surface area contributed by atoms with Gasteiger partial charge in [-0.3, -0.25) is 4.79 Å². The number of fused-ring (bicyclic) bond motifs is 1. The van der Waals surface area contributed by atoms with E-state index in [0.717, 1.165) is 22.7 Å². The van der Waals surface area contributed by atoms with Crippen molar-refractivity contribution >= 4 is 38.2 Å². The van der Waals surface area contributed by atoms with Gasteiger partial charge in [-0.15, -0.1) is 0 Å². The third kappa shape index (κ3) is 5.24. The van der Waals surface area contributed by atoms with Crippen molar-refractivity contribution in [3.8, 4) is 0 Å². The van der Waals surface area contributed by atoms with E-state index in [1.165, 1.54) is 12.1 Å². The Labute approximate surface area is 176 Å². The topological polar surface area (TPSA) is 80.8 Å². The molecule has 3 rings (SSSR count). The molecule has 3 aromatic rings. The van der Waals surface area contributed by atoms with Gasteiger partial charge in [-0.1, -0.05) is 48.5 Å². The lowest BCUT2D eigenvalue weighted by molar-refractivity contribution is -0.121. The summed E-state index contributed by atoms with van der Waals surface area (Å²) >= 11 is 0. The van der Waals surface area contributed by atoms with Gasteiger partial charge in [-0.05, 0) is 36.1 Å². The number of esters is 1. The van der Waals surface area contributed by atoms with Gasteiger partial charge in [0.25, 0.3) is 5.91 Å². The van der Waals surface area contributed by atoms with Gasteiger partial charge in [0.1, 0.15) is 0 Å². The smallest absolute Gasteiger partial charge is 0.338 e. The van der Waals surface area contributed by atoms with E-state index in [4.69, 9.17) is 4.74 Å². The molecule has 6 nitrogen and oxygen atoms in total. The summed E-state index contributed by atoms with van der Waals surface area (Å²) in [4.78, 5) is 26.7. The molecule has 0 bridgehead atoms. The van der Waals surface area contributed by atoms with Crippen molar-refractivity contribution < 1.29 is 22.7 Å². The first-order chi connectivity index (χ1) is 14.3. The van der Waals surface area contributed by atoms with Crippen LogP contribution in [0.3, 0.4) is 0 Å². The van der Waals surface area contributed by atoms with E-state index in [-0.39, 0.29) is 17.2 Å². The van der Waals surface area contributed by atoms with Crippen LogP contribution in [-0.4, -0.2) is 39.7 Å². The number of amides is 1. The monoisotopic (exact) mass is 425 g/mol. The summed E-state index contributed by atoms with van der Waals surface area (Å²) in [6.07, 6.45) is 1.13. The number of benzene rings is 3. The van der Waals surface area contributed by atoms with Crippen molar-refractivity contribution in [2.45, 2.75) is 12.7 Å². The number of ether oxygens (including phenoxy) is 1. The van der Waals surface area contributed by atoms with Gasteiger partial charge in [0, 0.05) is 18.2 Å². The van der Waals surface area contributed by atoms with Crippen molar-refractivity contribution in [1.82, 2.24) is 0 Å². The predicted molar refractivity (Wildman–Crippen MR) is 117 cm³/mol. The van der Waals surface area contributed by atoms with E-state index < -0.39 is 22.4 Å². The summed E-state index contributed by atoms with van der Waals surface area (Å²) < 4.78 is 28.1. The number of carbonyl (C=O) groups excluding carboxylic acids is 2. The molecule has 0 aliphatic carbocycles. The molecule has 0 atom stereocenters. The van der Waals surface area contributed by atoms with E-state index in [2.05, 4.69) is 0 Å². The first-order valence-corrected chi connectivity index (χ1v) is 11.6. The molecule has 1 amide bonds. The highest BCUT2D eigenvalue weighted by molar-refractivity contribution is 7.89.